The van der Waals surface area contributed by atoms with E-state index in [1.54, 1.807) is 11.3 Å². The van der Waals surface area contributed by atoms with Crippen molar-refractivity contribution in [2.75, 3.05) is 39.4 Å². The minimum absolute atomic E-state index is 0.0543. The predicted molar refractivity (Wildman–Crippen MR) is 89.1 cm³/mol. The molecule has 1 amide bonds. The van der Waals surface area contributed by atoms with Crippen LogP contribution < -0.4 is 0 Å². The summed E-state index contributed by atoms with van der Waals surface area (Å²) in [6.07, 6.45) is 4.11. The fraction of sp³-hybridized carbons (Fsp3) is 0.706. The summed E-state index contributed by atoms with van der Waals surface area (Å²) >= 11 is 1.59. The molecule has 1 N–H and O–H groups in total. The van der Waals surface area contributed by atoms with Crippen LogP contribution in [0.1, 0.15) is 33.6 Å². The van der Waals surface area contributed by atoms with E-state index in [-0.39, 0.29) is 11.9 Å². The molecule has 0 spiro atoms. The zero-order chi connectivity index (χ0) is 15.8. The third kappa shape index (κ3) is 2.93. The summed E-state index contributed by atoms with van der Waals surface area (Å²) in [6.45, 7) is 4.21. The molecule has 2 fully saturated rings. The molecule has 1 aliphatic carbocycles. The Kier molecular flexibility index (Phi) is 4.41. The number of ether oxygens (including phenoxy) is 1. The summed E-state index contributed by atoms with van der Waals surface area (Å²) in [5.41, 5.74) is 2.64. The topological polar surface area (TPSA) is 53.0 Å². The Morgan fingerprint density at radius 2 is 2.00 bits per heavy atom. The number of aryl methyl sites for hydroxylation is 1. The van der Waals surface area contributed by atoms with Crippen LogP contribution in [0.5, 0.6) is 0 Å². The Morgan fingerprint density at radius 3 is 2.83 bits per heavy atom. The van der Waals surface area contributed by atoms with Gasteiger partial charge in [-0.25, -0.2) is 0 Å². The highest BCUT2D eigenvalue weighted by Crippen LogP contribution is 2.31. The summed E-state index contributed by atoms with van der Waals surface area (Å²) < 4.78 is 5.39. The molecule has 1 aromatic rings. The Hall–Kier alpha value is -0.950. The summed E-state index contributed by atoms with van der Waals surface area (Å²) in [5, 5.41) is 12.6. The van der Waals surface area contributed by atoms with E-state index < -0.39 is 6.10 Å². The zero-order valence-corrected chi connectivity index (χ0v) is 14.2. The van der Waals surface area contributed by atoms with E-state index in [4.69, 9.17) is 4.74 Å². The first-order chi connectivity index (χ1) is 11.2. The van der Waals surface area contributed by atoms with Crippen LogP contribution >= 0.6 is 11.3 Å². The van der Waals surface area contributed by atoms with Crippen molar-refractivity contribution in [2.24, 2.45) is 0 Å². The van der Waals surface area contributed by atoms with E-state index in [0.29, 0.717) is 13.1 Å². The fourth-order valence-corrected chi connectivity index (χ4v) is 5.17. The van der Waals surface area contributed by atoms with Crippen LogP contribution in [0.15, 0.2) is 5.38 Å². The molecule has 0 bridgehead atoms. The van der Waals surface area contributed by atoms with Crippen molar-refractivity contribution >= 4 is 17.2 Å². The van der Waals surface area contributed by atoms with E-state index in [2.05, 4.69) is 10.3 Å². The molecule has 0 unspecified atom stereocenters. The number of carbonyl (C=O) groups excluding carboxylic acids is 1. The van der Waals surface area contributed by atoms with E-state index in [1.165, 1.54) is 24.0 Å². The molecule has 3 aliphatic rings. The minimum atomic E-state index is -0.451. The third-order valence-electron chi connectivity index (χ3n) is 5.36. The average Bonchev–Trinajstić information content (AvgIpc) is 3.19. The van der Waals surface area contributed by atoms with Gasteiger partial charge in [0.15, 0.2) is 0 Å². The summed E-state index contributed by atoms with van der Waals surface area (Å²) in [7, 11) is 0. The largest absolute Gasteiger partial charge is 0.390 e. The molecule has 2 aliphatic heterocycles. The van der Waals surface area contributed by atoms with E-state index in [9.17, 15) is 9.90 Å². The molecular formula is C17H24N2O3S. The van der Waals surface area contributed by atoms with Gasteiger partial charge < -0.3 is 14.7 Å². The number of thiophene rings is 1. The van der Waals surface area contributed by atoms with Crippen LogP contribution in [0, 0.1) is 0 Å². The van der Waals surface area contributed by atoms with Crippen LogP contribution in [0.25, 0.3) is 0 Å². The molecule has 0 saturated carbocycles. The van der Waals surface area contributed by atoms with Crippen molar-refractivity contribution in [3.05, 3.63) is 21.4 Å². The molecule has 0 radical (unpaired) electrons. The Labute approximate surface area is 140 Å². The zero-order valence-electron chi connectivity index (χ0n) is 13.4. The number of likely N-dealkylation sites (tertiary alicyclic amines) is 1. The Morgan fingerprint density at radius 1 is 1.22 bits per heavy atom. The molecular weight excluding hydrogens is 312 g/mol. The molecule has 1 aromatic heterocycles. The van der Waals surface area contributed by atoms with Gasteiger partial charge in [-0.05, 0) is 42.2 Å². The maximum atomic E-state index is 12.9. The van der Waals surface area contributed by atoms with Gasteiger partial charge >= 0.3 is 0 Å². The van der Waals surface area contributed by atoms with Crippen molar-refractivity contribution in [3.8, 4) is 0 Å². The second kappa shape index (κ2) is 6.51. The number of carbonyl (C=O) groups is 1. The molecule has 2 saturated heterocycles. The molecule has 2 atom stereocenters. The van der Waals surface area contributed by atoms with Crippen LogP contribution in [-0.4, -0.2) is 72.4 Å². The first-order valence-corrected chi connectivity index (χ1v) is 9.50. The van der Waals surface area contributed by atoms with Crippen molar-refractivity contribution in [1.29, 1.82) is 0 Å². The lowest BCUT2D eigenvalue weighted by Crippen LogP contribution is -2.49. The Balaban J connectivity index is 1.48. The number of aliphatic hydroxyl groups excluding tert-OH is 1. The monoisotopic (exact) mass is 336 g/mol. The molecule has 126 valence electrons. The normalized spacial score (nSPS) is 28.8. The number of morpholine rings is 1. The second-order valence-electron chi connectivity index (χ2n) is 6.77. The quantitative estimate of drug-likeness (QED) is 0.880. The van der Waals surface area contributed by atoms with Gasteiger partial charge in [0.1, 0.15) is 0 Å². The number of amides is 1. The van der Waals surface area contributed by atoms with Gasteiger partial charge in [-0.1, -0.05) is 0 Å². The summed E-state index contributed by atoms with van der Waals surface area (Å²) in [6, 6.07) is 0.0543. The molecule has 4 rings (SSSR count). The first kappa shape index (κ1) is 15.6. The van der Waals surface area contributed by atoms with Gasteiger partial charge in [0, 0.05) is 26.2 Å². The number of β-amino-alcohol motifs (C(OH)–C–C–N with tert-alkyl or cyclic N) is 1. The van der Waals surface area contributed by atoms with Crippen LogP contribution in [0.4, 0.5) is 0 Å². The SMILES string of the molecule is O=C(c1scc2c1CCCC2)N1C[C@@H](O)[C@H](N2CCOCC2)C1. The molecule has 0 aromatic carbocycles. The van der Waals surface area contributed by atoms with Gasteiger partial charge in [0.05, 0.1) is 30.2 Å². The summed E-state index contributed by atoms with van der Waals surface area (Å²) in [5.74, 6) is 0.118. The maximum absolute atomic E-state index is 12.9. The van der Waals surface area contributed by atoms with Crippen LogP contribution in [0.2, 0.25) is 0 Å². The van der Waals surface area contributed by atoms with E-state index in [1.807, 2.05) is 4.90 Å². The molecule has 6 heteroatoms. The van der Waals surface area contributed by atoms with Gasteiger partial charge in [0.2, 0.25) is 0 Å². The van der Waals surface area contributed by atoms with Gasteiger partial charge in [-0.2, -0.15) is 0 Å². The number of rotatable bonds is 2. The highest BCUT2D eigenvalue weighted by molar-refractivity contribution is 7.12. The number of aliphatic hydroxyl groups is 1. The van der Waals surface area contributed by atoms with Crippen LogP contribution in [0.3, 0.4) is 0 Å². The lowest BCUT2D eigenvalue weighted by Gasteiger charge is -2.33. The smallest absolute Gasteiger partial charge is 0.264 e. The highest BCUT2D eigenvalue weighted by Gasteiger charge is 2.39. The fourth-order valence-electron chi connectivity index (χ4n) is 4.05. The predicted octanol–water partition coefficient (Wildman–Crippen LogP) is 1.14. The number of hydrogen-bond donors (Lipinski definition) is 1. The third-order valence-corrected chi connectivity index (χ3v) is 6.42. The standard InChI is InChI=1S/C17H24N2O3S/c20-15-10-19(9-14(15)18-5-7-22-8-6-18)17(21)16-13-4-2-1-3-12(13)11-23-16/h11,14-15,20H,1-10H2/t14-,15-/m1/s1. The lowest BCUT2D eigenvalue weighted by molar-refractivity contribution is -0.00611. The molecule has 5 nitrogen and oxygen atoms in total. The minimum Gasteiger partial charge on any atom is -0.390 e. The van der Waals surface area contributed by atoms with Gasteiger partial charge in [0.25, 0.3) is 5.91 Å². The Bertz CT molecular complexity index is 582. The maximum Gasteiger partial charge on any atom is 0.264 e. The highest BCUT2D eigenvalue weighted by atomic mass is 32.1. The first-order valence-electron chi connectivity index (χ1n) is 8.62. The number of nitrogens with zero attached hydrogens (tertiary/aromatic N) is 2. The number of hydrogen-bond acceptors (Lipinski definition) is 5. The van der Waals surface area contributed by atoms with Crippen molar-refractivity contribution < 1.29 is 14.6 Å². The molecule has 23 heavy (non-hydrogen) atoms. The average molecular weight is 336 g/mol. The summed E-state index contributed by atoms with van der Waals surface area (Å²) in [4.78, 5) is 18.0. The lowest BCUT2D eigenvalue weighted by atomic mass is 9.94. The second-order valence-corrected chi connectivity index (χ2v) is 7.65. The van der Waals surface area contributed by atoms with E-state index >= 15 is 0 Å². The van der Waals surface area contributed by atoms with E-state index in [0.717, 1.165) is 44.0 Å². The van der Waals surface area contributed by atoms with Gasteiger partial charge in [-0.15, -0.1) is 11.3 Å². The molecule has 3 heterocycles. The van der Waals surface area contributed by atoms with Crippen molar-refractivity contribution in [3.63, 3.8) is 0 Å². The van der Waals surface area contributed by atoms with Crippen molar-refractivity contribution in [2.45, 2.75) is 37.8 Å². The number of fused-ring (bicyclic) bond motifs is 1. The van der Waals surface area contributed by atoms with Crippen molar-refractivity contribution in [1.82, 2.24) is 9.80 Å². The van der Waals surface area contributed by atoms with Gasteiger partial charge in [-0.3, -0.25) is 9.69 Å². The van der Waals surface area contributed by atoms with Crippen LogP contribution in [-0.2, 0) is 17.6 Å².